The maximum atomic E-state index is 11.4. The number of hydrogen-bond donors (Lipinski definition) is 1. The van der Waals surface area contributed by atoms with Crippen LogP contribution in [0, 0.1) is 13.8 Å². The van der Waals surface area contributed by atoms with Crippen molar-refractivity contribution in [3.05, 3.63) is 27.7 Å². The molecule has 0 aromatic heterocycles. The number of halogens is 1. The van der Waals surface area contributed by atoms with Gasteiger partial charge < -0.3 is 5.32 Å². The average Bonchev–Trinajstić information content (AvgIpc) is 2.52. The summed E-state index contributed by atoms with van der Waals surface area (Å²) < 4.78 is 23.8. The minimum Gasteiger partial charge on any atom is -0.380 e. The first-order chi connectivity index (χ1) is 7.87. The van der Waals surface area contributed by atoms with E-state index in [2.05, 4.69) is 27.3 Å². The molecular weight excluding hydrogens is 302 g/mol. The van der Waals surface area contributed by atoms with Crippen LogP contribution in [0.4, 0.5) is 5.69 Å². The molecule has 1 aromatic rings. The van der Waals surface area contributed by atoms with Crippen LogP contribution in [0.15, 0.2) is 16.6 Å². The third-order valence-corrected chi connectivity index (χ3v) is 5.41. The normalized spacial score (nSPS) is 22.6. The van der Waals surface area contributed by atoms with E-state index in [0.717, 1.165) is 15.7 Å². The molecule has 3 nitrogen and oxygen atoms in total. The fraction of sp³-hybridized carbons (Fsp3) is 0.500. The Hall–Kier alpha value is -0.550. The molecule has 1 unspecified atom stereocenters. The molecule has 1 heterocycles. The average molecular weight is 318 g/mol. The fourth-order valence-electron chi connectivity index (χ4n) is 2.21. The van der Waals surface area contributed by atoms with Crippen LogP contribution in [0.25, 0.3) is 0 Å². The smallest absolute Gasteiger partial charge is 0.152 e. The van der Waals surface area contributed by atoms with E-state index < -0.39 is 9.84 Å². The van der Waals surface area contributed by atoms with Gasteiger partial charge in [-0.1, -0.05) is 6.07 Å². The Bertz CT molecular complexity index is 516. The van der Waals surface area contributed by atoms with Crippen LogP contribution < -0.4 is 5.32 Å². The SMILES string of the molecule is Cc1cc(C)c(NC2CCS(=O)(=O)C2)c(Br)c1. The molecule has 17 heavy (non-hydrogen) atoms. The first kappa shape index (κ1) is 12.9. The molecule has 1 atom stereocenters. The van der Waals surface area contributed by atoms with Crippen LogP contribution in [0.2, 0.25) is 0 Å². The summed E-state index contributed by atoms with van der Waals surface area (Å²) in [5.41, 5.74) is 3.35. The van der Waals surface area contributed by atoms with Crippen LogP contribution in [0.3, 0.4) is 0 Å². The molecule has 0 saturated carbocycles. The van der Waals surface area contributed by atoms with Gasteiger partial charge in [0.2, 0.25) is 0 Å². The highest BCUT2D eigenvalue weighted by atomic mass is 79.9. The lowest BCUT2D eigenvalue weighted by atomic mass is 10.1. The molecular formula is C12H16BrNO2S. The van der Waals surface area contributed by atoms with Gasteiger partial charge in [0, 0.05) is 10.5 Å². The number of sulfone groups is 1. The van der Waals surface area contributed by atoms with Crippen molar-refractivity contribution in [3.8, 4) is 0 Å². The number of aryl methyl sites for hydroxylation is 2. The highest BCUT2D eigenvalue weighted by molar-refractivity contribution is 9.10. The molecule has 5 heteroatoms. The molecule has 2 rings (SSSR count). The van der Waals surface area contributed by atoms with Crippen LogP contribution in [-0.2, 0) is 9.84 Å². The Labute approximate surface area is 111 Å². The van der Waals surface area contributed by atoms with Gasteiger partial charge in [-0.3, -0.25) is 0 Å². The number of hydrogen-bond acceptors (Lipinski definition) is 3. The van der Waals surface area contributed by atoms with E-state index in [1.807, 2.05) is 19.9 Å². The largest absolute Gasteiger partial charge is 0.380 e. The first-order valence-electron chi connectivity index (χ1n) is 5.61. The van der Waals surface area contributed by atoms with E-state index in [0.29, 0.717) is 12.2 Å². The molecule has 0 radical (unpaired) electrons. The summed E-state index contributed by atoms with van der Waals surface area (Å²) in [7, 11) is -2.83. The predicted molar refractivity (Wildman–Crippen MR) is 74.3 cm³/mol. The summed E-state index contributed by atoms with van der Waals surface area (Å²) in [4.78, 5) is 0. The van der Waals surface area contributed by atoms with Gasteiger partial charge >= 0.3 is 0 Å². The van der Waals surface area contributed by atoms with E-state index in [9.17, 15) is 8.42 Å². The quantitative estimate of drug-likeness (QED) is 0.912. The van der Waals surface area contributed by atoms with E-state index in [4.69, 9.17) is 0 Å². The van der Waals surface area contributed by atoms with Gasteiger partial charge in [-0.2, -0.15) is 0 Å². The second kappa shape index (κ2) is 4.61. The molecule has 1 aromatic carbocycles. The monoisotopic (exact) mass is 317 g/mol. The van der Waals surface area contributed by atoms with Gasteiger partial charge in [-0.15, -0.1) is 0 Å². The molecule has 0 bridgehead atoms. The maximum Gasteiger partial charge on any atom is 0.152 e. The van der Waals surface area contributed by atoms with Crippen molar-refractivity contribution in [2.75, 3.05) is 16.8 Å². The van der Waals surface area contributed by atoms with Crippen molar-refractivity contribution in [3.63, 3.8) is 0 Å². The van der Waals surface area contributed by atoms with Crippen molar-refractivity contribution in [2.24, 2.45) is 0 Å². The second-order valence-electron chi connectivity index (χ2n) is 4.68. The van der Waals surface area contributed by atoms with Crippen molar-refractivity contribution < 1.29 is 8.42 Å². The van der Waals surface area contributed by atoms with Gasteiger partial charge in [-0.05, 0) is 53.4 Å². The number of nitrogens with one attached hydrogen (secondary N) is 1. The summed E-state index contributed by atoms with van der Waals surface area (Å²) in [6, 6.07) is 4.17. The topological polar surface area (TPSA) is 46.2 Å². The minimum absolute atomic E-state index is 0.0395. The summed E-state index contributed by atoms with van der Waals surface area (Å²) in [5, 5.41) is 3.33. The van der Waals surface area contributed by atoms with Crippen molar-refractivity contribution in [1.82, 2.24) is 0 Å². The number of benzene rings is 1. The lowest BCUT2D eigenvalue weighted by Gasteiger charge is -2.17. The van der Waals surface area contributed by atoms with Crippen LogP contribution in [0.1, 0.15) is 17.5 Å². The molecule has 1 saturated heterocycles. The van der Waals surface area contributed by atoms with Gasteiger partial charge in [0.15, 0.2) is 9.84 Å². The van der Waals surface area contributed by atoms with Crippen molar-refractivity contribution in [2.45, 2.75) is 26.3 Å². The standard InChI is InChI=1S/C12H16BrNO2S/c1-8-5-9(2)12(11(13)6-8)14-10-3-4-17(15,16)7-10/h5-6,10,14H,3-4,7H2,1-2H3. The molecule has 1 aliphatic rings. The Morgan fingerprint density at radius 1 is 1.35 bits per heavy atom. The van der Waals surface area contributed by atoms with Crippen LogP contribution in [0.5, 0.6) is 0 Å². The van der Waals surface area contributed by atoms with Crippen molar-refractivity contribution in [1.29, 1.82) is 0 Å². The number of rotatable bonds is 2. The predicted octanol–water partition coefficient (Wildman–Crippen LogP) is 2.66. The Kier molecular flexibility index (Phi) is 3.50. The fourth-order valence-corrected chi connectivity index (χ4v) is 4.67. The van der Waals surface area contributed by atoms with Gasteiger partial charge in [0.1, 0.15) is 0 Å². The second-order valence-corrected chi connectivity index (χ2v) is 7.77. The summed E-state index contributed by atoms with van der Waals surface area (Å²) in [6.07, 6.45) is 0.697. The summed E-state index contributed by atoms with van der Waals surface area (Å²) in [5.74, 6) is 0.542. The highest BCUT2D eigenvalue weighted by Gasteiger charge is 2.28. The van der Waals surface area contributed by atoms with Crippen LogP contribution in [-0.4, -0.2) is 26.0 Å². The molecule has 1 N–H and O–H groups in total. The zero-order valence-electron chi connectivity index (χ0n) is 9.96. The van der Waals surface area contributed by atoms with Gasteiger partial charge in [0.25, 0.3) is 0 Å². The van der Waals surface area contributed by atoms with E-state index in [-0.39, 0.29) is 11.8 Å². The molecule has 1 aliphatic heterocycles. The Balaban J connectivity index is 2.20. The molecule has 0 aliphatic carbocycles. The third kappa shape index (κ3) is 3.01. The number of anilines is 1. The van der Waals surface area contributed by atoms with E-state index >= 15 is 0 Å². The Morgan fingerprint density at radius 2 is 2.06 bits per heavy atom. The first-order valence-corrected chi connectivity index (χ1v) is 8.22. The minimum atomic E-state index is -2.83. The van der Waals surface area contributed by atoms with Crippen LogP contribution >= 0.6 is 15.9 Å². The molecule has 0 spiro atoms. The maximum absolute atomic E-state index is 11.4. The molecule has 94 valence electrons. The van der Waals surface area contributed by atoms with Gasteiger partial charge in [0.05, 0.1) is 17.2 Å². The highest BCUT2D eigenvalue weighted by Crippen LogP contribution is 2.29. The Morgan fingerprint density at radius 3 is 2.59 bits per heavy atom. The summed E-state index contributed by atoms with van der Waals surface area (Å²) in [6.45, 7) is 4.07. The molecule has 0 amide bonds. The van der Waals surface area contributed by atoms with Crippen molar-refractivity contribution >= 4 is 31.5 Å². The lowest BCUT2D eigenvalue weighted by molar-refractivity contribution is 0.602. The van der Waals surface area contributed by atoms with E-state index in [1.165, 1.54) is 5.56 Å². The zero-order chi connectivity index (χ0) is 12.6. The van der Waals surface area contributed by atoms with Gasteiger partial charge in [-0.25, -0.2) is 8.42 Å². The third-order valence-electron chi connectivity index (χ3n) is 3.01. The zero-order valence-corrected chi connectivity index (χ0v) is 12.4. The summed E-state index contributed by atoms with van der Waals surface area (Å²) >= 11 is 3.52. The molecule has 1 fully saturated rings. The lowest BCUT2D eigenvalue weighted by Crippen LogP contribution is -2.21. The van der Waals surface area contributed by atoms with E-state index in [1.54, 1.807) is 0 Å².